The van der Waals surface area contributed by atoms with Gasteiger partial charge in [-0.2, -0.15) is 12.7 Å². The van der Waals surface area contributed by atoms with Crippen LogP contribution < -0.4 is 15.4 Å². The molecule has 1 aliphatic heterocycles. The summed E-state index contributed by atoms with van der Waals surface area (Å²) in [4.78, 5) is 0. The van der Waals surface area contributed by atoms with Gasteiger partial charge in [-0.15, -0.1) is 0 Å². The van der Waals surface area contributed by atoms with Crippen LogP contribution in [0.4, 0.5) is 30.2 Å². The van der Waals surface area contributed by atoms with Crippen LogP contribution in [0.2, 0.25) is 0 Å². The minimum absolute atomic E-state index is 0.00681. The number of hydrogen-bond donors (Lipinski definition) is 4. The Bertz CT molecular complexity index is 1030. The normalized spacial score (nSPS) is 15.8. The smallest absolute Gasteiger partial charge is 0.301 e. The number of aliphatic hydroxyl groups is 1. The summed E-state index contributed by atoms with van der Waals surface area (Å²) in [5.41, 5.74) is -0.873. The third-order valence-corrected chi connectivity index (χ3v) is 7.06. The molecule has 0 spiro atoms. The standard InChI is InChI=1S/C19H22F3IN4O3S/c20-14-2-4-17(19(18(14)22)25-16-3-1-12(23)11-15(16)21)26-31(29,30)27-8-5-13(6-9-27)24-7-10-28/h1-4,11,13,24-26,28H,5-10H2. The molecule has 0 unspecified atom stereocenters. The van der Waals surface area contributed by atoms with E-state index in [0.29, 0.717) is 23.0 Å². The van der Waals surface area contributed by atoms with Crippen LogP contribution in [0, 0.1) is 21.0 Å². The maximum absolute atomic E-state index is 14.5. The summed E-state index contributed by atoms with van der Waals surface area (Å²) in [5, 5.41) is 14.5. The first-order valence-electron chi connectivity index (χ1n) is 9.53. The van der Waals surface area contributed by atoms with Crippen LogP contribution in [-0.2, 0) is 10.2 Å². The van der Waals surface area contributed by atoms with E-state index in [1.54, 1.807) is 6.07 Å². The maximum atomic E-state index is 14.5. The fraction of sp³-hybridized carbons (Fsp3) is 0.368. The molecule has 2 aromatic carbocycles. The molecule has 4 N–H and O–H groups in total. The lowest BCUT2D eigenvalue weighted by atomic mass is 10.1. The van der Waals surface area contributed by atoms with Crippen LogP contribution in [0.5, 0.6) is 0 Å². The molecule has 1 fully saturated rings. The molecule has 0 bridgehead atoms. The molecule has 31 heavy (non-hydrogen) atoms. The molecule has 1 aliphatic rings. The number of nitrogens with zero attached hydrogens (tertiary/aromatic N) is 1. The molecule has 2 aromatic rings. The number of halogens is 4. The first kappa shape index (κ1) is 24.0. The van der Waals surface area contributed by atoms with Crippen molar-refractivity contribution in [2.45, 2.75) is 18.9 Å². The Hall–Kier alpha value is -1.61. The van der Waals surface area contributed by atoms with E-state index in [0.717, 1.165) is 12.1 Å². The third-order valence-electron chi connectivity index (χ3n) is 4.86. The molecule has 3 rings (SSSR count). The molecular weight excluding hydrogens is 548 g/mol. The summed E-state index contributed by atoms with van der Waals surface area (Å²) in [6, 6.07) is 6.10. The Morgan fingerprint density at radius 1 is 1.06 bits per heavy atom. The molecule has 0 aromatic heterocycles. The largest absolute Gasteiger partial charge is 0.395 e. The average molecular weight is 570 g/mol. The lowest BCUT2D eigenvalue weighted by Crippen LogP contribution is -2.47. The number of piperidine rings is 1. The minimum Gasteiger partial charge on any atom is -0.395 e. The van der Waals surface area contributed by atoms with Gasteiger partial charge in [-0.1, -0.05) is 0 Å². The summed E-state index contributed by atoms with van der Waals surface area (Å²) in [6.07, 6.45) is 1.08. The van der Waals surface area contributed by atoms with Gasteiger partial charge in [0.05, 0.1) is 18.0 Å². The maximum Gasteiger partial charge on any atom is 0.301 e. The Morgan fingerprint density at radius 2 is 1.74 bits per heavy atom. The number of rotatable bonds is 8. The van der Waals surface area contributed by atoms with Gasteiger partial charge in [0.1, 0.15) is 11.5 Å². The quantitative estimate of drug-likeness (QED) is 0.366. The van der Waals surface area contributed by atoms with Crippen molar-refractivity contribution in [1.29, 1.82) is 0 Å². The van der Waals surface area contributed by atoms with Crippen molar-refractivity contribution in [3.05, 3.63) is 51.4 Å². The van der Waals surface area contributed by atoms with E-state index < -0.39 is 33.3 Å². The first-order chi connectivity index (χ1) is 14.7. The second kappa shape index (κ2) is 10.3. The molecule has 0 atom stereocenters. The van der Waals surface area contributed by atoms with E-state index in [1.807, 2.05) is 22.6 Å². The van der Waals surface area contributed by atoms with E-state index >= 15 is 0 Å². The molecule has 1 saturated heterocycles. The van der Waals surface area contributed by atoms with Gasteiger partial charge in [0.2, 0.25) is 0 Å². The number of hydrogen-bond acceptors (Lipinski definition) is 5. The lowest BCUT2D eigenvalue weighted by molar-refractivity contribution is 0.253. The zero-order chi connectivity index (χ0) is 22.6. The van der Waals surface area contributed by atoms with E-state index in [2.05, 4.69) is 15.4 Å². The Morgan fingerprint density at radius 3 is 2.39 bits per heavy atom. The fourth-order valence-corrected chi connectivity index (χ4v) is 4.98. The lowest BCUT2D eigenvalue weighted by Gasteiger charge is -2.32. The van der Waals surface area contributed by atoms with Crippen molar-refractivity contribution < 1.29 is 26.7 Å². The number of nitrogens with one attached hydrogen (secondary N) is 3. The van der Waals surface area contributed by atoms with Gasteiger partial charge in [0.15, 0.2) is 11.6 Å². The highest BCUT2D eigenvalue weighted by Crippen LogP contribution is 2.33. The van der Waals surface area contributed by atoms with Gasteiger partial charge in [-0.25, -0.2) is 13.2 Å². The highest BCUT2D eigenvalue weighted by atomic mass is 127. The van der Waals surface area contributed by atoms with Gasteiger partial charge in [0.25, 0.3) is 0 Å². The van der Waals surface area contributed by atoms with E-state index in [9.17, 15) is 21.6 Å². The minimum atomic E-state index is -4.06. The van der Waals surface area contributed by atoms with Gasteiger partial charge in [-0.05, 0) is 65.8 Å². The molecule has 0 amide bonds. The van der Waals surface area contributed by atoms with Crippen LogP contribution >= 0.6 is 22.6 Å². The van der Waals surface area contributed by atoms with Crippen LogP contribution in [0.15, 0.2) is 30.3 Å². The van der Waals surface area contributed by atoms with E-state index in [4.69, 9.17) is 5.11 Å². The van der Waals surface area contributed by atoms with Crippen molar-refractivity contribution >= 4 is 49.9 Å². The molecule has 7 nitrogen and oxygen atoms in total. The molecular formula is C19H22F3IN4O3S. The van der Waals surface area contributed by atoms with E-state index in [1.165, 1.54) is 16.4 Å². The summed E-state index contributed by atoms with van der Waals surface area (Å²) in [5.74, 6) is -3.22. The van der Waals surface area contributed by atoms with Crippen molar-refractivity contribution in [3.8, 4) is 0 Å². The van der Waals surface area contributed by atoms with E-state index in [-0.39, 0.29) is 37.1 Å². The van der Waals surface area contributed by atoms with Gasteiger partial charge >= 0.3 is 10.2 Å². The summed E-state index contributed by atoms with van der Waals surface area (Å²) in [6.45, 7) is 0.856. The summed E-state index contributed by atoms with van der Waals surface area (Å²) >= 11 is 1.91. The van der Waals surface area contributed by atoms with Crippen LogP contribution in [0.3, 0.4) is 0 Å². The van der Waals surface area contributed by atoms with Crippen molar-refractivity contribution in [1.82, 2.24) is 9.62 Å². The second-order valence-electron chi connectivity index (χ2n) is 6.99. The SMILES string of the molecule is O=S(=O)(Nc1ccc(F)c(F)c1Nc1ccc(I)cc1F)N1CCC(NCCO)CC1. The first-order valence-corrected chi connectivity index (χ1v) is 12.1. The summed E-state index contributed by atoms with van der Waals surface area (Å²) < 4.78 is 72.3. The molecule has 0 radical (unpaired) electrons. The average Bonchev–Trinajstić information content (AvgIpc) is 2.73. The number of anilines is 3. The van der Waals surface area contributed by atoms with Crippen LogP contribution in [0.25, 0.3) is 0 Å². The fourth-order valence-electron chi connectivity index (χ4n) is 3.26. The highest BCUT2D eigenvalue weighted by Gasteiger charge is 2.29. The Labute approximate surface area is 192 Å². The number of aliphatic hydroxyl groups excluding tert-OH is 1. The third kappa shape index (κ3) is 6.00. The van der Waals surface area contributed by atoms with Crippen molar-refractivity contribution in [2.75, 3.05) is 36.3 Å². The molecule has 12 heteroatoms. The highest BCUT2D eigenvalue weighted by molar-refractivity contribution is 14.1. The van der Waals surface area contributed by atoms with Gasteiger partial charge in [-0.3, -0.25) is 4.72 Å². The molecule has 170 valence electrons. The van der Waals surface area contributed by atoms with Crippen LogP contribution in [0.1, 0.15) is 12.8 Å². The summed E-state index contributed by atoms with van der Waals surface area (Å²) in [7, 11) is -4.06. The zero-order valence-corrected chi connectivity index (χ0v) is 19.3. The number of benzene rings is 2. The second-order valence-corrected chi connectivity index (χ2v) is 9.91. The predicted octanol–water partition coefficient (Wildman–Crippen LogP) is 3.16. The Kier molecular flexibility index (Phi) is 8.02. The topological polar surface area (TPSA) is 93.7 Å². The monoisotopic (exact) mass is 570 g/mol. The van der Waals surface area contributed by atoms with Gasteiger partial charge in [0, 0.05) is 29.2 Å². The van der Waals surface area contributed by atoms with Crippen LogP contribution in [-0.4, -0.2) is 50.1 Å². The zero-order valence-electron chi connectivity index (χ0n) is 16.3. The molecule has 0 aliphatic carbocycles. The van der Waals surface area contributed by atoms with Crippen molar-refractivity contribution in [3.63, 3.8) is 0 Å². The molecule has 1 heterocycles. The van der Waals surface area contributed by atoms with Crippen molar-refractivity contribution in [2.24, 2.45) is 0 Å². The molecule has 0 saturated carbocycles. The Balaban J connectivity index is 1.80. The van der Waals surface area contributed by atoms with Gasteiger partial charge < -0.3 is 15.7 Å². The predicted molar refractivity (Wildman–Crippen MR) is 121 cm³/mol.